The second-order valence-electron chi connectivity index (χ2n) is 7.29. The Morgan fingerprint density at radius 3 is 2.20 bits per heavy atom. The standard InChI is InChI=1S/C20H30O5/c1-13-12-16(23-7)8-9-17(13)14(2)15(3)24-18(21)10-11-19(22)25-20(4,5)6/h8-9,12,14-15H,10-11H2,1-7H3/t14-,15+/m1/s1. The zero-order valence-electron chi connectivity index (χ0n) is 16.3. The van der Waals surface area contributed by atoms with Crippen LogP contribution in [0.1, 0.15) is 64.5 Å². The van der Waals surface area contributed by atoms with Crippen molar-refractivity contribution in [3.63, 3.8) is 0 Å². The number of hydrogen-bond acceptors (Lipinski definition) is 5. The van der Waals surface area contributed by atoms with Crippen LogP contribution in [0.2, 0.25) is 0 Å². The largest absolute Gasteiger partial charge is 0.497 e. The summed E-state index contributed by atoms with van der Waals surface area (Å²) in [4.78, 5) is 23.7. The van der Waals surface area contributed by atoms with E-state index in [2.05, 4.69) is 0 Å². The third-order valence-corrected chi connectivity index (χ3v) is 3.94. The maximum atomic E-state index is 12.0. The number of methoxy groups -OCH3 is 1. The summed E-state index contributed by atoms with van der Waals surface area (Å²) < 4.78 is 15.9. The van der Waals surface area contributed by atoms with Crippen molar-refractivity contribution in [1.82, 2.24) is 0 Å². The molecule has 5 nitrogen and oxygen atoms in total. The summed E-state index contributed by atoms with van der Waals surface area (Å²) >= 11 is 0. The molecular formula is C20H30O5. The fourth-order valence-electron chi connectivity index (χ4n) is 2.50. The smallest absolute Gasteiger partial charge is 0.306 e. The zero-order valence-corrected chi connectivity index (χ0v) is 16.3. The van der Waals surface area contributed by atoms with Crippen LogP contribution in [0, 0.1) is 6.92 Å². The van der Waals surface area contributed by atoms with Crippen molar-refractivity contribution in [2.75, 3.05) is 7.11 Å². The number of carbonyl (C=O) groups excluding carboxylic acids is 2. The average Bonchev–Trinajstić information content (AvgIpc) is 2.50. The van der Waals surface area contributed by atoms with Gasteiger partial charge in [-0.3, -0.25) is 9.59 Å². The fraction of sp³-hybridized carbons (Fsp3) is 0.600. The first-order valence-corrected chi connectivity index (χ1v) is 8.59. The van der Waals surface area contributed by atoms with E-state index in [1.165, 1.54) is 0 Å². The van der Waals surface area contributed by atoms with Crippen molar-refractivity contribution >= 4 is 11.9 Å². The van der Waals surface area contributed by atoms with Gasteiger partial charge in [0.25, 0.3) is 0 Å². The number of rotatable bonds is 7. The molecule has 0 fully saturated rings. The van der Waals surface area contributed by atoms with Crippen LogP contribution in [-0.2, 0) is 19.1 Å². The topological polar surface area (TPSA) is 61.8 Å². The monoisotopic (exact) mass is 350 g/mol. The summed E-state index contributed by atoms with van der Waals surface area (Å²) in [5, 5.41) is 0. The summed E-state index contributed by atoms with van der Waals surface area (Å²) in [7, 11) is 1.63. The van der Waals surface area contributed by atoms with Gasteiger partial charge in [0.05, 0.1) is 20.0 Å². The van der Waals surface area contributed by atoms with E-state index in [9.17, 15) is 9.59 Å². The molecule has 0 aliphatic carbocycles. The Morgan fingerprint density at radius 1 is 1.08 bits per heavy atom. The predicted molar refractivity (Wildman–Crippen MR) is 96.8 cm³/mol. The lowest BCUT2D eigenvalue weighted by molar-refractivity contribution is -0.159. The Kier molecular flexibility index (Phi) is 7.46. The number of esters is 2. The molecule has 0 aliphatic rings. The van der Waals surface area contributed by atoms with Gasteiger partial charge in [-0.25, -0.2) is 0 Å². The molecule has 0 unspecified atom stereocenters. The summed E-state index contributed by atoms with van der Waals surface area (Å²) in [6.07, 6.45) is -0.245. The van der Waals surface area contributed by atoms with Crippen LogP contribution in [0.3, 0.4) is 0 Å². The van der Waals surface area contributed by atoms with Gasteiger partial charge in [-0.2, -0.15) is 0 Å². The number of hydrogen-bond donors (Lipinski definition) is 0. The Bertz CT molecular complexity index is 601. The highest BCUT2D eigenvalue weighted by Crippen LogP contribution is 2.27. The van der Waals surface area contributed by atoms with E-state index in [-0.39, 0.29) is 24.9 Å². The highest BCUT2D eigenvalue weighted by atomic mass is 16.6. The molecule has 0 saturated carbocycles. The highest BCUT2D eigenvalue weighted by Gasteiger charge is 2.22. The molecular weight excluding hydrogens is 320 g/mol. The first-order chi connectivity index (χ1) is 11.5. The molecule has 0 spiro atoms. The third kappa shape index (κ3) is 7.16. The first-order valence-electron chi connectivity index (χ1n) is 8.59. The quantitative estimate of drug-likeness (QED) is 0.691. The van der Waals surface area contributed by atoms with E-state index in [1.807, 2.05) is 39.0 Å². The molecule has 0 N–H and O–H groups in total. The molecule has 2 atom stereocenters. The predicted octanol–water partition coefficient (Wildman–Crippen LogP) is 4.16. The number of ether oxygens (including phenoxy) is 3. The van der Waals surface area contributed by atoms with Crippen LogP contribution >= 0.6 is 0 Å². The number of carbonyl (C=O) groups is 2. The van der Waals surface area contributed by atoms with E-state index in [0.717, 1.165) is 16.9 Å². The first kappa shape index (κ1) is 21.0. The molecule has 140 valence electrons. The fourth-order valence-corrected chi connectivity index (χ4v) is 2.50. The summed E-state index contributed by atoms with van der Waals surface area (Å²) in [5.41, 5.74) is 1.64. The van der Waals surface area contributed by atoms with Crippen LogP contribution in [0.25, 0.3) is 0 Å². The van der Waals surface area contributed by atoms with Gasteiger partial charge in [-0.1, -0.05) is 13.0 Å². The van der Waals surface area contributed by atoms with Gasteiger partial charge in [0, 0.05) is 5.92 Å². The molecule has 0 saturated heterocycles. The highest BCUT2D eigenvalue weighted by molar-refractivity contribution is 5.78. The van der Waals surface area contributed by atoms with Crippen LogP contribution < -0.4 is 4.74 Å². The Hall–Kier alpha value is -2.04. The molecule has 0 aliphatic heterocycles. The summed E-state index contributed by atoms with van der Waals surface area (Å²) in [5.74, 6) is 0.0550. The minimum atomic E-state index is -0.547. The molecule has 0 bridgehead atoms. The molecule has 0 heterocycles. The molecule has 0 radical (unpaired) electrons. The van der Waals surface area contributed by atoms with E-state index in [4.69, 9.17) is 14.2 Å². The molecule has 1 aromatic carbocycles. The lowest BCUT2D eigenvalue weighted by Gasteiger charge is -2.23. The molecule has 25 heavy (non-hydrogen) atoms. The number of aryl methyl sites for hydroxylation is 1. The Morgan fingerprint density at radius 2 is 1.68 bits per heavy atom. The molecule has 0 aromatic heterocycles. The van der Waals surface area contributed by atoms with Gasteiger partial charge >= 0.3 is 11.9 Å². The summed E-state index contributed by atoms with van der Waals surface area (Å²) in [6.45, 7) is 11.3. The van der Waals surface area contributed by atoms with Crippen molar-refractivity contribution in [2.24, 2.45) is 0 Å². The van der Waals surface area contributed by atoms with Gasteiger partial charge in [-0.05, 0) is 57.9 Å². The molecule has 5 heteroatoms. The van der Waals surface area contributed by atoms with Crippen molar-refractivity contribution in [2.45, 2.75) is 72.0 Å². The van der Waals surface area contributed by atoms with Gasteiger partial charge < -0.3 is 14.2 Å². The number of benzene rings is 1. The summed E-state index contributed by atoms with van der Waals surface area (Å²) in [6, 6.07) is 5.85. The Labute approximate surface area is 150 Å². The van der Waals surface area contributed by atoms with Crippen molar-refractivity contribution in [3.8, 4) is 5.75 Å². The van der Waals surface area contributed by atoms with E-state index in [0.29, 0.717) is 0 Å². The van der Waals surface area contributed by atoms with Gasteiger partial charge in [0.1, 0.15) is 17.5 Å². The maximum Gasteiger partial charge on any atom is 0.306 e. The van der Waals surface area contributed by atoms with Crippen LogP contribution in [0.4, 0.5) is 0 Å². The van der Waals surface area contributed by atoms with Crippen molar-refractivity contribution in [3.05, 3.63) is 29.3 Å². The van der Waals surface area contributed by atoms with E-state index < -0.39 is 17.5 Å². The second-order valence-corrected chi connectivity index (χ2v) is 7.29. The van der Waals surface area contributed by atoms with Crippen molar-refractivity contribution < 1.29 is 23.8 Å². The SMILES string of the molecule is COc1ccc([C@H](C)[C@H](C)OC(=O)CCC(=O)OC(C)(C)C)c(C)c1. The van der Waals surface area contributed by atoms with E-state index in [1.54, 1.807) is 27.9 Å². The van der Waals surface area contributed by atoms with E-state index >= 15 is 0 Å². The van der Waals surface area contributed by atoms with Gasteiger partial charge in [-0.15, -0.1) is 0 Å². The van der Waals surface area contributed by atoms with Crippen molar-refractivity contribution in [1.29, 1.82) is 0 Å². The maximum absolute atomic E-state index is 12.0. The van der Waals surface area contributed by atoms with Crippen LogP contribution in [0.15, 0.2) is 18.2 Å². The lowest BCUT2D eigenvalue weighted by Crippen LogP contribution is -2.25. The minimum Gasteiger partial charge on any atom is -0.497 e. The zero-order chi connectivity index (χ0) is 19.2. The lowest BCUT2D eigenvalue weighted by atomic mass is 9.92. The van der Waals surface area contributed by atoms with Crippen LogP contribution in [0.5, 0.6) is 5.75 Å². The van der Waals surface area contributed by atoms with Gasteiger partial charge in [0.2, 0.25) is 0 Å². The average molecular weight is 350 g/mol. The second kappa shape index (κ2) is 8.88. The van der Waals surface area contributed by atoms with Gasteiger partial charge in [0.15, 0.2) is 0 Å². The van der Waals surface area contributed by atoms with Crippen LogP contribution in [-0.4, -0.2) is 30.8 Å². The Balaban J connectivity index is 2.56. The molecule has 1 rings (SSSR count). The minimum absolute atomic E-state index is 0.0214. The third-order valence-electron chi connectivity index (χ3n) is 3.94. The molecule has 0 amide bonds. The normalized spacial score (nSPS) is 13.7. The molecule has 1 aromatic rings.